The van der Waals surface area contributed by atoms with Crippen molar-refractivity contribution in [1.82, 2.24) is 5.43 Å². The number of nitrogens with one attached hydrogen (secondary N) is 1. The predicted octanol–water partition coefficient (Wildman–Crippen LogP) is 3.76. The summed E-state index contributed by atoms with van der Waals surface area (Å²) in [4.78, 5) is 12.4. The molecule has 2 aliphatic rings. The van der Waals surface area contributed by atoms with E-state index in [0.29, 0.717) is 24.9 Å². The largest absolute Gasteiger partial charge is 0.490 e. The van der Waals surface area contributed by atoms with Crippen molar-refractivity contribution in [2.24, 2.45) is 22.4 Å². The fourth-order valence-electron chi connectivity index (χ4n) is 4.24. The molecule has 136 valence electrons. The third kappa shape index (κ3) is 3.65. The third-order valence-corrected chi connectivity index (χ3v) is 5.57. The third-order valence-electron chi connectivity index (χ3n) is 5.57. The summed E-state index contributed by atoms with van der Waals surface area (Å²) < 4.78 is 11.2. The van der Waals surface area contributed by atoms with Crippen LogP contribution in [-0.2, 0) is 4.79 Å². The van der Waals surface area contributed by atoms with Gasteiger partial charge in [0.15, 0.2) is 11.5 Å². The molecule has 0 radical (unpaired) electrons. The lowest BCUT2D eigenvalue weighted by atomic mass is 9.90. The maximum absolute atomic E-state index is 12.4. The summed E-state index contributed by atoms with van der Waals surface area (Å²) in [7, 11) is 0. The SMILES string of the molecule is CCOc1ccc(/C=N\NC(=O)[C@@H]2[C@@H]3CCCC[C@]23C)cc1OCC. The Labute approximate surface area is 149 Å². The number of hydrogen-bond acceptors (Lipinski definition) is 4. The summed E-state index contributed by atoms with van der Waals surface area (Å²) in [5.74, 6) is 2.15. The maximum Gasteiger partial charge on any atom is 0.244 e. The highest BCUT2D eigenvalue weighted by Crippen LogP contribution is 2.66. The van der Waals surface area contributed by atoms with Gasteiger partial charge in [-0.05, 0) is 61.8 Å². The number of carbonyl (C=O) groups is 1. The van der Waals surface area contributed by atoms with E-state index in [4.69, 9.17) is 9.47 Å². The minimum atomic E-state index is 0.0571. The summed E-state index contributed by atoms with van der Waals surface area (Å²) in [6.45, 7) is 7.28. The van der Waals surface area contributed by atoms with Gasteiger partial charge in [-0.3, -0.25) is 4.79 Å². The van der Waals surface area contributed by atoms with E-state index < -0.39 is 0 Å². The van der Waals surface area contributed by atoms with Gasteiger partial charge in [0, 0.05) is 5.92 Å². The van der Waals surface area contributed by atoms with Crippen LogP contribution < -0.4 is 14.9 Å². The second-order valence-electron chi connectivity index (χ2n) is 7.14. The minimum absolute atomic E-state index is 0.0571. The number of hydrogen-bond donors (Lipinski definition) is 1. The lowest BCUT2D eigenvalue weighted by Crippen LogP contribution is -2.22. The van der Waals surface area contributed by atoms with E-state index in [1.54, 1.807) is 6.21 Å². The van der Waals surface area contributed by atoms with Gasteiger partial charge in [0.2, 0.25) is 5.91 Å². The highest BCUT2D eigenvalue weighted by Gasteiger charge is 2.64. The van der Waals surface area contributed by atoms with Crippen LogP contribution in [0.15, 0.2) is 23.3 Å². The Balaban J connectivity index is 1.60. The molecule has 3 atom stereocenters. The van der Waals surface area contributed by atoms with Crippen LogP contribution in [0.1, 0.15) is 52.0 Å². The number of benzene rings is 1. The minimum Gasteiger partial charge on any atom is -0.490 e. The number of carbonyl (C=O) groups excluding carboxylic acids is 1. The zero-order valence-corrected chi connectivity index (χ0v) is 15.4. The topological polar surface area (TPSA) is 59.9 Å². The van der Waals surface area contributed by atoms with Crippen molar-refractivity contribution >= 4 is 12.1 Å². The maximum atomic E-state index is 12.4. The van der Waals surface area contributed by atoms with E-state index in [0.717, 1.165) is 17.7 Å². The molecule has 0 aliphatic heterocycles. The highest BCUT2D eigenvalue weighted by molar-refractivity contribution is 5.86. The van der Waals surface area contributed by atoms with Crippen LogP contribution >= 0.6 is 0 Å². The number of nitrogens with zero attached hydrogens (tertiary/aromatic N) is 1. The second-order valence-corrected chi connectivity index (χ2v) is 7.14. The van der Waals surface area contributed by atoms with Gasteiger partial charge >= 0.3 is 0 Å². The summed E-state index contributed by atoms with van der Waals surface area (Å²) in [5, 5.41) is 4.15. The molecular formula is C20H28N2O3. The number of ether oxygens (including phenoxy) is 2. The Morgan fingerprint density at radius 3 is 2.72 bits per heavy atom. The summed E-state index contributed by atoms with van der Waals surface area (Å²) in [5.41, 5.74) is 3.80. The fourth-order valence-corrected chi connectivity index (χ4v) is 4.24. The molecule has 1 aromatic carbocycles. The molecule has 1 aromatic rings. The molecular weight excluding hydrogens is 316 g/mol. The molecule has 1 amide bonds. The number of hydrazone groups is 1. The monoisotopic (exact) mass is 344 g/mol. The van der Waals surface area contributed by atoms with Gasteiger partial charge < -0.3 is 9.47 Å². The van der Waals surface area contributed by atoms with E-state index in [1.807, 2.05) is 32.0 Å². The van der Waals surface area contributed by atoms with Crippen LogP contribution in [0.25, 0.3) is 0 Å². The molecule has 2 fully saturated rings. The quantitative estimate of drug-likeness (QED) is 0.605. The molecule has 0 unspecified atom stereocenters. The van der Waals surface area contributed by atoms with Crippen molar-refractivity contribution in [2.45, 2.75) is 46.5 Å². The standard InChI is InChI=1S/C20H28N2O3/c1-4-24-16-10-9-14(12-17(16)25-5-2)13-21-22-19(23)18-15-8-6-7-11-20(15,18)3/h9-10,12-13,15,18H,4-8,11H2,1-3H3,(H,22,23)/b21-13-/t15-,18-,20-/m0/s1. The lowest BCUT2D eigenvalue weighted by Gasteiger charge is -2.15. The van der Waals surface area contributed by atoms with Gasteiger partial charge in [0.1, 0.15) is 0 Å². The summed E-state index contributed by atoms with van der Waals surface area (Å²) in [6, 6.07) is 5.65. The Morgan fingerprint density at radius 1 is 1.28 bits per heavy atom. The second kappa shape index (κ2) is 7.46. The van der Waals surface area contributed by atoms with Crippen LogP contribution in [0, 0.1) is 17.3 Å². The highest BCUT2D eigenvalue weighted by atomic mass is 16.5. The molecule has 3 rings (SSSR count). The molecule has 0 aromatic heterocycles. The Hall–Kier alpha value is -2.04. The average molecular weight is 344 g/mol. The molecule has 5 nitrogen and oxygen atoms in total. The van der Waals surface area contributed by atoms with Crippen LogP contribution in [-0.4, -0.2) is 25.3 Å². The summed E-state index contributed by atoms with van der Waals surface area (Å²) >= 11 is 0. The number of fused-ring (bicyclic) bond motifs is 1. The zero-order valence-electron chi connectivity index (χ0n) is 15.4. The molecule has 1 N–H and O–H groups in total. The van der Waals surface area contributed by atoms with Crippen molar-refractivity contribution in [3.63, 3.8) is 0 Å². The van der Waals surface area contributed by atoms with Gasteiger partial charge in [-0.1, -0.05) is 19.8 Å². The van der Waals surface area contributed by atoms with Crippen LogP contribution in [0.3, 0.4) is 0 Å². The molecule has 2 saturated carbocycles. The van der Waals surface area contributed by atoms with Crippen molar-refractivity contribution in [1.29, 1.82) is 0 Å². The first-order valence-corrected chi connectivity index (χ1v) is 9.32. The Morgan fingerprint density at radius 2 is 2.04 bits per heavy atom. The fraction of sp³-hybridized carbons (Fsp3) is 0.600. The van der Waals surface area contributed by atoms with Gasteiger partial charge in [0.05, 0.1) is 19.4 Å². The van der Waals surface area contributed by atoms with Gasteiger partial charge in [-0.25, -0.2) is 5.43 Å². The van der Waals surface area contributed by atoms with Crippen molar-refractivity contribution in [2.75, 3.05) is 13.2 Å². The van der Waals surface area contributed by atoms with Crippen LogP contribution in [0.2, 0.25) is 0 Å². The number of amides is 1. The first-order valence-electron chi connectivity index (χ1n) is 9.32. The predicted molar refractivity (Wildman–Crippen MR) is 98.1 cm³/mol. The average Bonchev–Trinajstić information content (AvgIpc) is 3.23. The molecule has 25 heavy (non-hydrogen) atoms. The lowest BCUT2D eigenvalue weighted by molar-refractivity contribution is -0.123. The van der Waals surface area contributed by atoms with Gasteiger partial charge in [-0.2, -0.15) is 5.10 Å². The molecule has 0 spiro atoms. The molecule has 0 saturated heterocycles. The smallest absolute Gasteiger partial charge is 0.244 e. The number of rotatable bonds is 7. The van der Waals surface area contributed by atoms with Gasteiger partial charge in [-0.15, -0.1) is 0 Å². The first-order chi connectivity index (χ1) is 12.1. The summed E-state index contributed by atoms with van der Waals surface area (Å²) in [6.07, 6.45) is 6.49. The van der Waals surface area contributed by atoms with E-state index in [9.17, 15) is 4.79 Å². The van der Waals surface area contributed by atoms with Crippen LogP contribution in [0.4, 0.5) is 0 Å². The molecule has 2 aliphatic carbocycles. The van der Waals surface area contributed by atoms with E-state index >= 15 is 0 Å². The van der Waals surface area contributed by atoms with Crippen molar-refractivity contribution < 1.29 is 14.3 Å². The van der Waals surface area contributed by atoms with Crippen molar-refractivity contribution in [3.8, 4) is 11.5 Å². The van der Waals surface area contributed by atoms with E-state index in [2.05, 4.69) is 17.5 Å². The van der Waals surface area contributed by atoms with Crippen molar-refractivity contribution in [3.05, 3.63) is 23.8 Å². The Kier molecular flexibility index (Phi) is 5.30. The molecule has 0 heterocycles. The first kappa shape index (κ1) is 17.8. The van der Waals surface area contributed by atoms with Crippen LogP contribution in [0.5, 0.6) is 11.5 Å². The normalized spacial score (nSPS) is 27.6. The molecule has 5 heteroatoms. The molecule has 0 bridgehead atoms. The zero-order chi connectivity index (χ0) is 17.9. The van der Waals surface area contributed by atoms with E-state index in [-0.39, 0.29) is 17.2 Å². The van der Waals surface area contributed by atoms with E-state index in [1.165, 1.54) is 19.3 Å². The Bertz CT molecular complexity index is 658. The van der Waals surface area contributed by atoms with Gasteiger partial charge in [0.25, 0.3) is 0 Å².